The van der Waals surface area contributed by atoms with E-state index in [1.165, 1.54) is 57.8 Å². The molecule has 4 unspecified atom stereocenters. The summed E-state index contributed by atoms with van der Waals surface area (Å²) in [6.45, 7) is 3.87. The Morgan fingerprint density at radius 3 is 1.89 bits per heavy atom. The molecule has 9 nitrogen and oxygen atoms in total. The number of aliphatic hydroxyl groups is 2. The first-order chi connectivity index (χ1) is 21.8. The second-order valence-corrected chi connectivity index (χ2v) is 13.4. The quantitative estimate of drug-likeness (QED) is 0.0213. The molecule has 0 fully saturated rings. The van der Waals surface area contributed by atoms with Crippen molar-refractivity contribution in [1.29, 1.82) is 0 Å². The second kappa shape index (κ2) is 31.3. The first-order valence-corrected chi connectivity index (χ1v) is 19.2. The summed E-state index contributed by atoms with van der Waals surface area (Å²) in [5.74, 6) is -0.463. The maximum absolute atomic E-state index is 12.7. The van der Waals surface area contributed by atoms with Gasteiger partial charge >= 0.3 is 7.82 Å². The number of hydrogen-bond donors (Lipinski definition) is 5. The number of carbonyl (C=O) groups excluding carboxylic acids is 1. The lowest BCUT2D eigenvalue weighted by molar-refractivity contribution is -0.124. The lowest BCUT2D eigenvalue weighted by Gasteiger charge is -2.24. The molecule has 264 valence electrons. The highest BCUT2D eigenvalue weighted by Crippen LogP contribution is 2.43. The number of phosphoric ester groups is 1. The monoisotopic (exact) mass is 658 g/mol. The van der Waals surface area contributed by atoms with Crippen LogP contribution in [0.1, 0.15) is 142 Å². The number of hydrogen-bond acceptors (Lipinski definition) is 7. The zero-order chi connectivity index (χ0) is 33.4. The van der Waals surface area contributed by atoms with Crippen molar-refractivity contribution in [2.75, 3.05) is 19.8 Å². The Balaban J connectivity index is 4.52. The number of unbranched alkanes of at least 4 members (excludes halogenated alkanes) is 15. The van der Waals surface area contributed by atoms with Crippen LogP contribution in [0.4, 0.5) is 0 Å². The normalized spacial score (nSPS) is 15.6. The molecule has 0 spiro atoms. The van der Waals surface area contributed by atoms with Gasteiger partial charge in [-0.25, -0.2) is 4.57 Å². The van der Waals surface area contributed by atoms with Crippen LogP contribution in [-0.4, -0.2) is 59.0 Å². The van der Waals surface area contributed by atoms with Crippen molar-refractivity contribution in [2.24, 2.45) is 5.73 Å². The molecule has 0 rings (SSSR count). The number of phosphoric acid groups is 1. The maximum atomic E-state index is 12.7. The number of aliphatic hydroxyl groups excluding tert-OH is 2. The molecule has 0 bridgehead atoms. The summed E-state index contributed by atoms with van der Waals surface area (Å²) in [6.07, 6.45) is 30.9. The van der Waals surface area contributed by atoms with Crippen LogP contribution in [0.3, 0.4) is 0 Å². The van der Waals surface area contributed by atoms with E-state index >= 15 is 0 Å². The van der Waals surface area contributed by atoms with Gasteiger partial charge in [-0.05, 0) is 44.9 Å². The Kier molecular flexibility index (Phi) is 30.4. The topological polar surface area (TPSA) is 151 Å². The summed E-state index contributed by atoms with van der Waals surface area (Å²) in [5.41, 5.74) is 5.33. The smallest absolute Gasteiger partial charge is 0.393 e. The lowest BCUT2D eigenvalue weighted by Crippen LogP contribution is -2.46. The third kappa shape index (κ3) is 29.8. The molecule has 1 amide bonds. The average Bonchev–Trinajstić information content (AvgIpc) is 3.01. The minimum atomic E-state index is -4.39. The molecule has 4 atom stereocenters. The third-order valence-electron chi connectivity index (χ3n) is 7.54. The highest BCUT2D eigenvalue weighted by atomic mass is 31.2. The molecule has 0 aliphatic carbocycles. The van der Waals surface area contributed by atoms with Gasteiger partial charge in [-0.2, -0.15) is 0 Å². The van der Waals surface area contributed by atoms with Crippen molar-refractivity contribution in [3.8, 4) is 0 Å². The Bertz CT molecular complexity index is 822. The summed E-state index contributed by atoms with van der Waals surface area (Å²) >= 11 is 0. The van der Waals surface area contributed by atoms with Crippen molar-refractivity contribution >= 4 is 13.7 Å². The molecule has 0 saturated carbocycles. The number of allylic oxidation sites excluding steroid dienone is 5. The van der Waals surface area contributed by atoms with Crippen LogP contribution in [0.15, 0.2) is 36.5 Å². The number of carbonyl (C=O) groups is 1. The minimum absolute atomic E-state index is 0.0456. The summed E-state index contributed by atoms with van der Waals surface area (Å²) in [7, 11) is -4.39. The molecular weight excluding hydrogens is 591 g/mol. The van der Waals surface area contributed by atoms with Gasteiger partial charge < -0.3 is 26.2 Å². The first-order valence-electron chi connectivity index (χ1n) is 17.7. The lowest BCUT2D eigenvalue weighted by atomic mass is 10.0. The first kappa shape index (κ1) is 43.7. The standard InChI is InChI=1S/C35H67N2O7P/c1-3-5-7-9-11-13-15-16-17-18-20-22-24-26-32(38)30-35(40)37-33(31-44-45(41,42)43-29-28-36)34(39)27-25-23-21-19-14-12-10-8-6-4-2/h11,13,15-16,25,27,32-34,38-39H,3-10,12,14,17-24,26,28-31,36H2,1-2H3,(H,37,40)(H,41,42)/b13-11-,16-15-,27-25+. The molecule has 0 heterocycles. The van der Waals surface area contributed by atoms with Crippen molar-refractivity contribution in [2.45, 2.75) is 161 Å². The van der Waals surface area contributed by atoms with Gasteiger partial charge in [0.25, 0.3) is 0 Å². The highest BCUT2D eigenvalue weighted by Gasteiger charge is 2.27. The van der Waals surface area contributed by atoms with E-state index < -0.39 is 38.6 Å². The number of nitrogens with two attached hydrogens (primary N) is 1. The van der Waals surface area contributed by atoms with E-state index in [9.17, 15) is 24.5 Å². The fraction of sp³-hybridized carbons (Fsp3) is 0.800. The third-order valence-corrected chi connectivity index (χ3v) is 8.53. The van der Waals surface area contributed by atoms with E-state index in [1.807, 2.05) is 6.08 Å². The van der Waals surface area contributed by atoms with Crippen molar-refractivity contribution < 1.29 is 33.5 Å². The van der Waals surface area contributed by atoms with E-state index in [2.05, 4.69) is 43.5 Å². The second-order valence-electron chi connectivity index (χ2n) is 11.9. The van der Waals surface area contributed by atoms with Crippen molar-refractivity contribution in [3.63, 3.8) is 0 Å². The van der Waals surface area contributed by atoms with Crippen molar-refractivity contribution in [1.82, 2.24) is 5.32 Å². The summed E-state index contributed by atoms with van der Waals surface area (Å²) in [5, 5.41) is 23.8. The molecule has 0 saturated heterocycles. The Hall–Kier alpha value is -1.32. The van der Waals surface area contributed by atoms with Gasteiger partial charge in [-0.1, -0.05) is 127 Å². The fourth-order valence-corrected chi connectivity index (χ4v) is 5.57. The van der Waals surface area contributed by atoms with Gasteiger partial charge in [-0.15, -0.1) is 0 Å². The van der Waals surface area contributed by atoms with Crippen LogP contribution in [0, 0.1) is 0 Å². The van der Waals surface area contributed by atoms with E-state index in [0.717, 1.165) is 57.8 Å². The maximum Gasteiger partial charge on any atom is 0.472 e. The van der Waals surface area contributed by atoms with E-state index in [0.29, 0.717) is 6.42 Å². The zero-order valence-electron chi connectivity index (χ0n) is 28.5. The van der Waals surface area contributed by atoms with Gasteiger partial charge in [0.2, 0.25) is 5.91 Å². The van der Waals surface area contributed by atoms with Crippen LogP contribution >= 0.6 is 7.82 Å². The van der Waals surface area contributed by atoms with E-state index in [4.69, 9.17) is 14.8 Å². The SMILES string of the molecule is CCCCC/C=C\C=C/CCCCCCC(O)CC(=O)NC(COP(=O)(O)OCCN)C(O)/C=C/CCCCCCCCCC. The molecule has 0 aromatic rings. The number of amides is 1. The van der Waals surface area contributed by atoms with Crippen LogP contribution in [-0.2, 0) is 18.4 Å². The minimum Gasteiger partial charge on any atom is -0.393 e. The Morgan fingerprint density at radius 2 is 1.29 bits per heavy atom. The predicted molar refractivity (Wildman–Crippen MR) is 186 cm³/mol. The van der Waals surface area contributed by atoms with Gasteiger partial charge in [-0.3, -0.25) is 13.8 Å². The highest BCUT2D eigenvalue weighted by molar-refractivity contribution is 7.47. The summed E-state index contributed by atoms with van der Waals surface area (Å²) in [4.78, 5) is 22.6. The molecule has 0 aliphatic heterocycles. The van der Waals surface area contributed by atoms with Crippen molar-refractivity contribution in [3.05, 3.63) is 36.5 Å². The summed E-state index contributed by atoms with van der Waals surface area (Å²) < 4.78 is 21.9. The van der Waals surface area contributed by atoms with Gasteiger partial charge in [0, 0.05) is 6.54 Å². The molecule has 0 radical (unpaired) electrons. The van der Waals surface area contributed by atoms with Crippen LogP contribution in [0.2, 0.25) is 0 Å². The van der Waals surface area contributed by atoms with Gasteiger partial charge in [0.15, 0.2) is 0 Å². The number of rotatable bonds is 32. The number of nitrogens with one attached hydrogen (secondary N) is 1. The van der Waals surface area contributed by atoms with Crippen LogP contribution in [0.5, 0.6) is 0 Å². The predicted octanol–water partition coefficient (Wildman–Crippen LogP) is 7.80. The average molecular weight is 659 g/mol. The van der Waals surface area contributed by atoms with E-state index in [1.54, 1.807) is 6.08 Å². The van der Waals surface area contributed by atoms with Crippen LogP contribution < -0.4 is 11.1 Å². The molecule has 0 aromatic carbocycles. The zero-order valence-corrected chi connectivity index (χ0v) is 29.4. The molecule has 6 N–H and O–H groups in total. The van der Waals surface area contributed by atoms with E-state index in [-0.39, 0.29) is 19.6 Å². The van der Waals surface area contributed by atoms with Gasteiger partial charge in [0.1, 0.15) is 0 Å². The Labute approximate surface area is 274 Å². The largest absolute Gasteiger partial charge is 0.472 e. The molecule has 10 heteroatoms. The molecule has 45 heavy (non-hydrogen) atoms. The fourth-order valence-electron chi connectivity index (χ4n) is 4.81. The molecular formula is C35H67N2O7P. The van der Waals surface area contributed by atoms with Gasteiger partial charge in [0.05, 0.1) is 37.9 Å². The molecule has 0 aliphatic rings. The summed E-state index contributed by atoms with van der Waals surface area (Å²) in [6, 6.07) is -0.985. The van der Waals surface area contributed by atoms with Crippen LogP contribution in [0.25, 0.3) is 0 Å². The Morgan fingerprint density at radius 1 is 0.778 bits per heavy atom. The molecule has 0 aromatic heterocycles.